The van der Waals surface area contributed by atoms with E-state index in [1.165, 1.54) is 0 Å². The van der Waals surface area contributed by atoms with E-state index in [9.17, 15) is 9.59 Å². The lowest BCUT2D eigenvalue weighted by atomic mass is 9.99. The third-order valence-electron chi connectivity index (χ3n) is 1.37. The number of rotatable bonds is 4. The quantitative estimate of drug-likeness (QED) is 0.616. The van der Waals surface area contributed by atoms with Crippen molar-refractivity contribution in [1.29, 1.82) is 0 Å². The molecule has 0 fully saturated rings. The number of esters is 1. The van der Waals surface area contributed by atoms with Crippen molar-refractivity contribution in [2.75, 3.05) is 6.61 Å². The van der Waals surface area contributed by atoms with Crippen LogP contribution in [0.2, 0.25) is 0 Å². The summed E-state index contributed by atoms with van der Waals surface area (Å²) < 4.78 is 4.90. The Labute approximate surface area is 83.8 Å². The van der Waals surface area contributed by atoms with E-state index < -0.39 is 17.9 Å². The van der Waals surface area contributed by atoms with Crippen LogP contribution < -0.4 is 11.5 Å². The second kappa shape index (κ2) is 4.95. The molecule has 0 heterocycles. The molecule has 1 amide bonds. The summed E-state index contributed by atoms with van der Waals surface area (Å²) in [6, 6.07) is -0.949. The van der Waals surface area contributed by atoms with Crippen LogP contribution in [0.15, 0.2) is 0 Å². The number of hydrogen-bond acceptors (Lipinski definition) is 4. The summed E-state index contributed by atoms with van der Waals surface area (Å²) >= 11 is 0. The van der Waals surface area contributed by atoms with Crippen LogP contribution >= 0.6 is 0 Å². The molecule has 0 aliphatic rings. The van der Waals surface area contributed by atoms with Crippen molar-refractivity contribution in [2.45, 2.75) is 33.2 Å². The molecule has 0 saturated carbocycles. The second-order valence-electron chi connectivity index (χ2n) is 4.45. The first kappa shape index (κ1) is 12.9. The Balaban J connectivity index is 3.91. The van der Waals surface area contributed by atoms with Gasteiger partial charge in [-0.2, -0.15) is 0 Å². The summed E-state index contributed by atoms with van der Waals surface area (Å²) in [6.45, 7) is 6.07. The molecule has 0 spiro atoms. The lowest BCUT2D eigenvalue weighted by molar-refractivity contribution is -0.149. The fraction of sp³-hybridized carbons (Fsp3) is 0.778. The van der Waals surface area contributed by atoms with Gasteiger partial charge in [-0.05, 0) is 5.41 Å². The Hall–Kier alpha value is -1.10. The van der Waals surface area contributed by atoms with Crippen molar-refractivity contribution < 1.29 is 14.3 Å². The van der Waals surface area contributed by atoms with Crippen molar-refractivity contribution >= 4 is 11.9 Å². The molecule has 0 radical (unpaired) electrons. The predicted molar refractivity (Wildman–Crippen MR) is 52.2 cm³/mol. The van der Waals surface area contributed by atoms with Crippen LogP contribution in [0.4, 0.5) is 0 Å². The van der Waals surface area contributed by atoms with Crippen LogP contribution in [0.1, 0.15) is 27.2 Å². The van der Waals surface area contributed by atoms with Crippen molar-refractivity contribution in [3.8, 4) is 0 Å². The SMILES string of the molecule is CC(C)(C)COC(=O)C(N)CC(N)=O. The number of amides is 1. The molecule has 5 heteroatoms. The van der Waals surface area contributed by atoms with Gasteiger partial charge in [-0.1, -0.05) is 20.8 Å². The first-order chi connectivity index (χ1) is 6.22. The molecular formula is C9H18N2O3. The third kappa shape index (κ3) is 6.42. The molecule has 5 nitrogen and oxygen atoms in total. The molecular weight excluding hydrogens is 184 g/mol. The normalized spacial score (nSPS) is 13.4. The highest BCUT2D eigenvalue weighted by atomic mass is 16.5. The van der Waals surface area contributed by atoms with Crippen molar-refractivity contribution in [1.82, 2.24) is 0 Å². The van der Waals surface area contributed by atoms with Crippen LogP contribution in [0.3, 0.4) is 0 Å². The number of primary amides is 1. The van der Waals surface area contributed by atoms with Crippen LogP contribution in [0.25, 0.3) is 0 Å². The summed E-state index contributed by atoms with van der Waals surface area (Å²) in [7, 11) is 0. The van der Waals surface area contributed by atoms with E-state index in [2.05, 4.69) is 0 Å². The van der Waals surface area contributed by atoms with Gasteiger partial charge in [0.25, 0.3) is 0 Å². The monoisotopic (exact) mass is 202 g/mol. The number of hydrogen-bond donors (Lipinski definition) is 2. The zero-order chi connectivity index (χ0) is 11.4. The topological polar surface area (TPSA) is 95.4 Å². The van der Waals surface area contributed by atoms with E-state index in [0.717, 1.165) is 0 Å². The van der Waals surface area contributed by atoms with E-state index in [1.54, 1.807) is 0 Å². The Morgan fingerprint density at radius 2 is 1.86 bits per heavy atom. The Morgan fingerprint density at radius 1 is 1.36 bits per heavy atom. The number of ether oxygens (including phenoxy) is 1. The van der Waals surface area contributed by atoms with Gasteiger partial charge in [0.1, 0.15) is 6.04 Å². The molecule has 0 aromatic carbocycles. The first-order valence-corrected chi connectivity index (χ1v) is 4.43. The Bertz CT molecular complexity index is 221. The summed E-state index contributed by atoms with van der Waals surface area (Å²) in [6.07, 6.45) is -0.178. The number of carbonyl (C=O) groups excluding carboxylic acids is 2. The van der Waals surface area contributed by atoms with Gasteiger partial charge in [-0.3, -0.25) is 9.59 Å². The van der Waals surface area contributed by atoms with Crippen molar-refractivity contribution in [3.05, 3.63) is 0 Å². The molecule has 0 saturated heterocycles. The summed E-state index contributed by atoms with van der Waals surface area (Å²) in [4.78, 5) is 21.6. The highest BCUT2D eigenvalue weighted by Gasteiger charge is 2.20. The number of carbonyl (C=O) groups is 2. The largest absolute Gasteiger partial charge is 0.464 e. The lowest BCUT2D eigenvalue weighted by Crippen LogP contribution is -2.37. The molecule has 4 N–H and O–H groups in total. The second-order valence-corrected chi connectivity index (χ2v) is 4.45. The maximum absolute atomic E-state index is 11.2. The maximum Gasteiger partial charge on any atom is 0.323 e. The first-order valence-electron chi connectivity index (χ1n) is 4.43. The van der Waals surface area contributed by atoms with E-state index in [4.69, 9.17) is 16.2 Å². The van der Waals surface area contributed by atoms with Gasteiger partial charge in [0, 0.05) is 0 Å². The van der Waals surface area contributed by atoms with Crippen molar-refractivity contribution in [3.63, 3.8) is 0 Å². The number of nitrogens with two attached hydrogens (primary N) is 2. The molecule has 0 aromatic rings. The molecule has 82 valence electrons. The minimum atomic E-state index is -0.949. The molecule has 0 rings (SSSR count). The average molecular weight is 202 g/mol. The standard InChI is InChI=1S/C9H18N2O3/c1-9(2,3)5-14-8(13)6(10)4-7(11)12/h6H,4-5,10H2,1-3H3,(H2,11,12). The van der Waals surface area contributed by atoms with E-state index in [-0.39, 0.29) is 18.4 Å². The molecule has 1 unspecified atom stereocenters. The Morgan fingerprint density at radius 3 is 2.21 bits per heavy atom. The molecule has 0 aromatic heterocycles. The smallest absolute Gasteiger partial charge is 0.323 e. The van der Waals surface area contributed by atoms with Crippen LogP contribution in [-0.2, 0) is 14.3 Å². The molecule has 0 aliphatic heterocycles. The van der Waals surface area contributed by atoms with Gasteiger partial charge < -0.3 is 16.2 Å². The van der Waals surface area contributed by atoms with Gasteiger partial charge in [0.2, 0.25) is 5.91 Å². The highest BCUT2D eigenvalue weighted by Crippen LogP contribution is 2.13. The van der Waals surface area contributed by atoms with Gasteiger partial charge in [-0.25, -0.2) is 0 Å². The van der Waals surface area contributed by atoms with Gasteiger partial charge >= 0.3 is 5.97 Å². The summed E-state index contributed by atoms with van der Waals surface area (Å²) in [5, 5.41) is 0. The Kier molecular flexibility index (Phi) is 4.56. The van der Waals surface area contributed by atoms with Crippen LogP contribution in [-0.4, -0.2) is 24.5 Å². The lowest BCUT2D eigenvalue weighted by Gasteiger charge is -2.19. The maximum atomic E-state index is 11.2. The average Bonchev–Trinajstić information content (AvgIpc) is 1.97. The van der Waals surface area contributed by atoms with Gasteiger partial charge in [0.05, 0.1) is 13.0 Å². The highest BCUT2D eigenvalue weighted by molar-refractivity contribution is 5.84. The van der Waals surface area contributed by atoms with Gasteiger partial charge in [-0.15, -0.1) is 0 Å². The van der Waals surface area contributed by atoms with Crippen LogP contribution in [0, 0.1) is 5.41 Å². The molecule has 0 bridgehead atoms. The summed E-state index contributed by atoms with van der Waals surface area (Å²) in [5.41, 5.74) is 10.1. The zero-order valence-electron chi connectivity index (χ0n) is 8.87. The fourth-order valence-electron chi connectivity index (χ4n) is 0.695. The van der Waals surface area contributed by atoms with Gasteiger partial charge in [0.15, 0.2) is 0 Å². The molecule has 1 atom stereocenters. The van der Waals surface area contributed by atoms with E-state index in [1.807, 2.05) is 20.8 Å². The van der Waals surface area contributed by atoms with Crippen molar-refractivity contribution in [2.24, 2.45) is 16.9 Å². The summed E-state index contributed by atoms with van der Waals surface area (Å²) in [5.74, 6) is -1.19. The predicted octanol–water partition coefficient (Wildman–Crippen LogP) is -0.222. The minimum Gasteiger partial charge on any atom is -0.464 e. The van der Waals surface area contributed by atoms with Crippen LogP contribution in [0.5, 0.6) is 0 Å². The molecule has 14 heavy (non-hydrogen) atoms. The third-order valence-corrected chi connectivity index (χ3v) is 1.37. The van der Waals surface area contributed by atoms with E-state index in [0.29, 0.717) is 0 Å². The zero-order valence-corrected chi connectivity index (χ0v) is 8.87. The molecule has 0 aliphatic carbocycles. The van der Waals surface area contributed by atoms with E-state index >= 15 is 0 Å². The minimum absolute atomic E-state index is 0.109. The fourth-order valence-corrected chi connectivity index (χ4v) is 0.695.